The van der Waals surface area contributed by atoms with Crippen molar-refractivity contribution in [2.24, 2.45) is 0 Å². The number of aryl methyl sites for hydroxylation is 1. The van der Waals surface area contributed by atoms with Crippen LogP contribution in [0.4, 0.5) is 10.8 Å². The molecule has 1 atom stereocenters. The Hall–Kier alpha value is -5.51. The monoisotopic (exact) mass is 668 g/mol. The first-order chi connectivity index (χ1) is 23.3. The van der Waals surface area contributed by atoms with E-state index in [1.165, 1.54) is 28.5 Å². The Kier molecular flexibility index (Phi) is 10.1. The second-order valence-electron chi connectivity index (χ2n) is 11.1. The third kappa shape index (κ3) is 8.25. The zero-order valence-corrected chi connectivity index (χ0v) is 27.9. The zero-order chi connectivity index (χ0) is 33.5. The number of hydrogen-bond donors (Lipinski definition) is 3. The minimum Gasteiger partial charge on any atom is -0.321 e. The van der Waals surface area contributed by atoms with Crippen LogP contribution < -0.4 is 16.0 Å². The van der Waals surface area contributed by atoms with Gasteiger partial charge in [-0.15, -0.1) is 23.1 Å². The summed E-state index contributed by atoms with van der Waals surface area (Å²) in [6, 6.07) is 38.0. The molecular formula is C39H32N4O3S2. The maximum Gasteiger partial charge on any atom is 0.272 e. The Morgan fingerprint density at radius 1 is 0.792 bits per heavy atom. The first-order valence-electron chi connectivity index (χ1n) is 15.3. The molecule has 238 valence electrons. The molecule has 1 heterocycles. The highest BCUT2D eigenvalue weighted by Gasteiger charge is 2.18. The number of aromatic nitrogens is 1. The van der Waals surface area contributed by atoms with Gasteiger partial charge >= 0.3 is 0 Å². The number of nitrogens with zero attached hydrogens (tertiary/aromatic N) is 1. The topological polar surface area (TPSA) is 100 Å². The lowest BCUT2D eigenvalue weighted by Gasteiger charge is -2.13. The molecule has 1 unspecified atom stereocenters. The molecule has 6 rings (SSSR count). The van der Waals surface area contributed by atoms with E-state index in [1.807, 2.05) is 79.9 Å². The number of nitrogens with one attached hydrogen (secondary N) is 3. The minimum atomic E-state index is -0.459. The van der Waals surface area contributed by atoms with E-state index in [0.717, 1.165) is 32.7 Å². The van der Waals surface area contributed by atoms with Gasteiger partial charge in [-0.3, -0.25) is 14.4 Å². The van der Waals surface area contributed by atoms with E-state index in [4.69, 9.17) is 0 Å². The highest BCUT2D eigenvalue weighted by atomic mass is 32.2. The van der Waals surface area contributed by atoms with Crippen molar-refractivity contribution < 1.29 is 14.4 Å². The van der Waals surface area contributed by atoms with Crippen molar-refractivity contribution in [2.75, 3.05) is 10.6 Å². The molecule has 0 saturated heterocycles. The Bertz CT molecular complexity index is 2110. The number of benzene rings is 5. The maximum atomic E-state index is 13.4. The van der Waals surface area contributed by atoms with Crippen molar-refractivity contribution in [2.45, 2.75) is 24.0 Å². The summed E-state index contributed by atoms with van der Waals surface area (Å²) in [4.78, 5) is 44.8. The van der Waals surface area contributed by atoms with Gasteiger partial charge in [0, 0.05) is 27.1 Å². The van der Waals surface area contributed by atoms with Gasteiger partial charge in [0.25, 0.3) is 11.8 Å². The second-order valence-corrected chi connectivity index (χ2v) is 13.4. The molecule has 3 amide bonds. The smallest absolute Gasteiger partial charge is 0.272 e. The van der Waals surface area contributed by atoms with Crippen LogP contribution in [0, 0.1) is 6.92 Å². The number of rotatable bonds is 10. The first kappa shape index (κ1) is 32.4. The van der Waals surface area contributed by atoms with Crippen molar-refractivity contribution in [1.82, 2.24) is 10.3 Å². The number of thioether (sulfide) groups is 1. The molecule has 0 aliphatic carbocycles. The molecule has 0 spiro atoms. The van der Waals surface area contributed by atoms with Crippen LogP contribution in [-0.4, -0.2) is 28.0 Å². The van der Waals surface area contributed by atoms with Crippen LogP contribution in [0.1, 0.15) is 28.4 Å². The lowest BCUT2D eigenvalue weighted by Crippen LogP contribution is -2.30. The molecule has 7 nitrogen and oxygen atoms in total. The molecule has 48 heavy (non-hydrogen) atoms. The lowest BCUT2D eigenvalue weighted by molar-refractivity contribution is -0.115. The third-order valence-electron chi connectivity index (χ3n) is 7.49. The summed E-state index contributed by atoms with van der Waals surface area (Å²) in [6.07, 6.45) is 1.65. The fourth-order valence-corrected chi connectivity index (χ4v) is 6.45. The number of fused-ring (bicyclic) bond motifs is 1. The minimum absolute atomic E-state index is 0.113. The van der Waals surface area contributed by atoms with E-state index >= 15 is 0 Å². The fourth-order valence-electron chi connectivity index (χ4n) is 4.86. The van der Waals surface area contributed by atoms with E-state index in [2.05, 4.69) is 45.2 Å². The highest BCUT2D eigenvalue weighted by molar-refractivity contribution is 8.00. The zero-order valence-electron chi connectivity index (χ0n) is 26.3. The van der Waals surface area contributed by atoms with E-state index < -0.39 is 11.2 Å². The van der Waals surface area contributed by atoms with E-state index in [9.17, 15) is 14.4 Å². The quantitative estimate of drug-likeness (QED) is 0.100. The number of carbonyl (C=O) groups is 3. The van der Waals surface area contributed by atoms with Crippen molar-refractivity contribution in [3.63, 3.8) is 0 Å². The Balaban J connectivity index is 1.07. The number of anilines is 2. The summed E-state index contributed by atoms with van der Waals surface area (Å²) in [6.45, 7) is 3.82. The van der Waals surface area contributed by atoms with Gasteiger partial charge in [0.1, 0.15) is 5.70 Å². The second kappa shape index (κ2) is 14.9. The first-order valence-corrected chi connectivity index (χ1v) is 17.0. The van der Waals surface area contributed by atoms with Crippen LogP contribution in [0.5, 0.6) is 0 Å². The lowest BCUT2D eigenvalue weighted by atomic mass is 10.1. The van der Waals surface area contributed by atoms with Crippen LogP contribution in [0.25, 0.3) is 28.1 Å². The van der Waals surface area contributed by atoms with Crippen LogP contribution in [0.15, 0.2) is 137 Å². The average molecular weight is 669 g/mol. The molecule has 0 bridgehead atoms. The molecule has 1 aromatic heterocycles. The molecule has 0 radical (unpaired) electrons. The molecule has 9 heteroatoms. The third-order valence-corrected chi connectivity index (χ3v) is 9.36. The van der Waals surface area contributed by atoms with E-state index in [0.29, 0.717) is 16.4 Å². The maximum absolute atomic E-state index is 13.4. The van der Waals surface area contributed by atoms with Crippen molar-refractivity contribution in [3.05, 3.63) is 149 Å². The molecule has 0 fully saturated rings. The fraction of sp³-hybridized carbons (Fsp3) is 0.0769. The van der Waals surface area contributed by atoms with Gasteiger partial charge in [0.15, 0.2) is 5.13 Å². The van der Waals surface area contributed by atoms with Gasteiger partial charge in [-0.2, -0.15) is 0 Å². The Morgan fingerprint density at radius 3 is 2.25 bits per heavy atom. The number of carbonyl (C=O) groups excluding carboxylic acids is 3. The van der Waals surface area contributed by atoms with Crippen molar-refractivity contribution >= 4 is 68.5 Å². The van der Waals surface area contributed by atoms with Gasteiger partial charge in [0.05, 0.1) is 10.9 Å². The summed E-state index contributed by atoms with van der Waals surface area (Å²) in [5.41, 5.74) is 4.79. The standard InChI is InChI=1S/C39H32N4O3S2/c1-25-12-14-27(15-13-25)22-34(41-37(45)29-9-4-3-5-10-29)38(46)40-32-18-20-33(21-19-32)48-26(2)36(44)43-39-42-35(24-47-39)31-17-16-28-8-6-7-11-30(28)23-31/h3-24,26H,1-2H3,(H,40,46)(H,41,45)(H,42,43,44)/b34-22-. The summed E-state index contributed by atoms with van der Waals surface area (Å²) in [7, 11) is 0. The van der Waals surface area contributed by atoms with Crippen LogP contribution in [0.2, 0.25) is 0 Å². The summed E-state index contributed by atoms with van der Waals surface area (Å²) >= 11 is 2.79. The molecule has 5 aromatic carbocycles. The van der Waals surface area contributed by atoms with Crippen molar-refractivity contribution in [1.29, 1.82) is 0 Å². The van der Waals surface area contributed by atoms with E-state index in [-0.39, 0.29) is 17.5 Å². The van der Waals surface area contributed by atoms with Gasteiger partial charge in [-0.25, -0.2) is 4.98 Å². The highest BCUT2D eigenvalue weighted by Crippen LogP contribution is 2.30. The van der Waals surface area contributed by atoms with Gasteiger partial charge in [-0.05, 0) is 78.7 Å². The molecule has 0 aliphatic rings. The summed E-state index contributed by atoms with van der Waals surface area (Å²) in [5, 5.41) is 13.0. The Morgan fingerprint density at radius 2 is 1.50 bits per heavy atom. The van der Waals surface area contributed by atoms with Gasteiger partial charge < -0.3 is 16.0 Å². The van der Waals surface area contributed by atoms with Gasteiger partial charge in [-0.1, -0.05) is 84.4 Å². The molecular weight excluding hydrogens is 637 g/mol. The SMILES string of the molecule is Cc1ccc(/C=C(\NC(=O)c2ccccc2)C(=O)Nc2ccc(SC(C)C(=O)Nc3nc(-c4ccc5ccccc5c4)cs3)cc2)cc1. The largest absolute Gasteiger partial charge is 0.321 e. The predicted molar refractivity (Wildman–Crippen MR) is 197 cm³/mol. The van der Waals surface area contributed by atoms with Gasteiger partial charge in [0.2, 0.25) is 5.91 Å². The molecule has 0 saturated carbocycles. The number of amides is 3. The van der Waals surface area contributed by atoms with Crippen LogP contribution in [0.3, 0.4) is 0 Å². The van der Waals surface area contributed by atoms with E-state index in [1.54, 1.807) is 42.5 Å². The Labute approximate surface area is 287 Å². The number of hydrogen-bond acceptors (Lipinski definition) is 6. The average Bonchev–Trinajstić information content (AvgIpc) is 3.58. The predicted octanol–water partition coefficient (Wildman–Crippen LogP) is 8.80. The summed E-state index contributed by atoms with van der Waals surface area (Å²) < 4.78 is 0. The van der Waals surface area contributed by atoms with Crippen molar-refractivity contribution in [3.8, 4) is 11.3 Å². The number of thiazole rings is 1. The molecule has 0 aliphatic heterocycles. The molecule has 3 N–H and O–H groups in total. The van der Waals surface area contributed by atoms with Crippen LogP contribution in [-0.2, 0) is 9.59 Å². The molecule has 6 aromatic rings. The normalized spacial score (nSPS) is 11.9. The van der Waals surface area contributed by atoms with Crippen LogP contribution >= 0.6 is 23.1 Å². The summed E-state index contributed by atoms with van der Waals surface area (Å²) in [5.74, 6) is -0.998.